The van der Waals surface area contributed by atoms with Crippen molar-refractivity contribution in [2.75, 3.05) is 7.11 Å². The lowest BCUT2D eigenvalue weighted by Crippen LogP contribution is -2.41. The van der Waals surface area contributed by atoms with Gasteiger partial charge in [0.2, 0.25) is 5.91 Å². The number of aliphatic hydroxyl groups is 1. The number of rotatable bonds is 6. The largest absolute Gasteiger partial charge is 0.504 e. The summed E-state index contributed by atoms with van der Waals surface area (Å²) in [6.07, 6.45) is -1.54. The van der Waals surface area contributed by atoms with Crippen LogP contribution in [-0.2, 0) is 20.7 Å². The van der Waals surface area contributed by atoms with Crippen molar-refractivity contribution in [3.8, 4) is 11.5 Å². The van der Waals surface area contributed by atoms with Crippen molar-refractivity contribution in [2.45, 2.75) is 18.6 Å². The number of nitrogens with one attached hydrogen (secondary N) is 1. The standard InChI is InChI=1S/C18H19NO6/c1-25-18(24)16(12-5-3-2-4-6-12)19-17(23)15(22)10-11-7-8-13(20)14(21)9-11/h2-9,15-16,20-22H,10H2,1H3,(H,19,23)/t15-,16+/m1/s1. The lowest BCUT2D eigenvalue weighted by Gasteiger charge is -2.19. The highest BCUT2D eigenvalue weighted by Gasteiger charge is 2.26. The van der Waals surface area contributed by atoms with Crippen LogP contribution in [0.15, 0.2) is 48.5 Å². The Kier molecular flexibility index (Phi) is 5.97. The average Bonchev–Trinajstić information content (AvgIpc) is 2.62. The van der Waals surface area contributed by atoms with Crippen LogP contribution in [0, 0.1) is 0 Å². The van der Waals surface area contributed by atoms with Gasteiger partial charge in [-0.3, -0.25) is 4.79 Å². The van der Waals surface area contributed by atoms with E-state index in [9.17, 15) is 24.9 Å². The Morgan fingerprint density at radius 1 is 1.08 bits per heavy atom. The molecule has 0 fully saturated rings. The molecule has 0 bridgehead atoms. The third-order valence-electron chi connectivity index (χ3n) is 3.63. The quantitative estimate of drug-likeness (QED) is 0.459. The molecule has 2 aromatic carbocycles. The predicted octanol–water partition coefficient (Wildman–Crippen LogP) is 1.03. The average molecular weight is 345 g/mol. The normalized spacial score (nSPS) is 12.9. The highest BCUT2D eigenvalue weighted by Crippen LogP contribution is 2.25. The Labute approximate surface area is 144 Å². The summed E-state index contributed by atoms with van der Waals surface area (Å²) < 4.78 is 4.70. The minimum absolute atomic E-state index is 0.0949. The number of hydrogen-bond acceptors (Lipinski definition) is 6. The molecule has 132 valence electrons. The van der Waals surface area contributed by atoms with Crippen LogP contribution in [-0.4, -0.2) is 40.4 Å². The van der Waals surface area contributed by atoms with E-state index in [0.29, 0.717) is 11.1 Å². The van der Waals surface area contributed by atoms with Crippen LogP contribution in [0.25, 0.3) is 0 Å². The summed E-state index contributed by atoms with van der Waals surface area (Å²) in [6.45, 7) is 0. The summed E-state index contributed by atoms with van der Waals surface area (Å²) in [6, 6.07) is 11.5. The van der Waals surface area contributed by atoms with Crippen LogP contribution in [0.2, 0.25) is 0 Å². The number of esters is 1. The third-order valence-corrected chi connectivity index (χ3v) is 3.63. The van der Waals surface area contributed by atoms with E-state index in [-0.39, 0.29) is 17.9 Å². The topological polar surface area (TPSA) is 116 Å². The van der Waals surface area contributed by atoms with E-state index in [1.165, 1.54) is 25.3 Å². The van der Waals surface area contributed by atoms with Gasteiger partial charge in [0.05, 0.1) is 7.11 Å². The first-order valence-electron chi connectivity index (χ1n) is 7.54. The molecular weight excluding hydrogens is 326 g/mol. The predicted molar refractivity (Wildman–Crippen MR) is 88.8 cm³/mol. The number of benzene rings is 2. The number of amides is 1. The highest BCUT2D eigenvalue weighted by molar-refractivity contribution is 5.87. The number of methoxy groups -OCH3 is 1. The van der Waals surface area contributed by atoms with Gasteiger partial charge in [0.1, 0.15) is 6.10 Å². The summed E-state index contributed by atoms with van der Waals surface area (Å²) >= 11 is 0. The molecule has 25 heavy (non-hydrogen) atoms. The lowest BCUT2D eigenvalue weighted by atomic mass is 10.0. The van der Waals surface area contributed by atoms with Gasteiger partial charge in [-0.05, 0) is 23.3 Å². The molecule has 0 saturated carbocycles. The maximum atomic E-state index is 12.2. The lowest BCUT2D eigenvalue weighted by molar-refractivity contribution is -0.146. The van der Waals surface area contributed by atoms with E-state index in [0.717, 1.165) is 0 Å². The number of phenols is 2. The van der Waals surface area contributed by atoms with Crippen molar-refractivity contribution >= 4 is 11.9 Å². The molecule has 2 rings (SSSR count). The van der Waals surface area contributed by atoms with Gasteiger partial charge in [-0.1, -0.05) is 36.4 Å². The van der Waals surface area contributed by atoms with Crippen molar-refractivity contribution in [3.05, 3.63) is 59.7 Å². The first-order chi connectivity index (χ1) is 11.9. The fourth-order valence-corrected chi connectivity index (χ4v) is 2.29. The smallest absolute Gasteiger partial charge is 0.333 e. The van der Waals surface area contributed by atoms with E-state index in [1.54, 1.807) is 30.3 Å². The van der Waals surface area contributed by atoms with Gasteiger partial charge in [-0.2, -0.15) is 0 Å². The zero-order chi connectivity index (χ0) is 18.4. The first-order valence-corrected chi connectivity index (χ1v) is 7.54. The van der Waals surface area contributed by atoms with Crippen LogP contribution in [0.5, 0.6) is 11.5 Å². The Hall–Kier alpha value is -3.06. The molecule has 0 spiro atoms. The van der Waals surface area contributed by atoms with Gasteiger partial charge in [-0.15, -0.1) is 0 Å². The number of phenolic OH excluding ortho intramolecular Hbond substituents is 2. The number of hydrogen-bond donors (Lipinski definition) is 4. The third kappa shape index (κ3) is 4.71. The van der Waals surface area contributed by atoms with E-state index in [1.807, 2.05) is 0 Å². The van der Waals surface area contributed by atoms with Gasteiger partial charge >= 0.3 is 5.97 Å². The minimum atomic E-state index is -1.44. The minimum Gasteiger partial charge on any atom is -0.504 e. The Morgan fingerprint density at radius 2 is 1.76 bits per heavy atom. The van der Waals surface area contributed by atoms with Crippen molar-refractivity contribution < 1.29 is 29.6 Å². The first kappa shape index (κ1) is 18.3. The van der Waals surface area contributed by atoms with Crippen LogP contribution >= 0.6 is 0 Å². The molecule has 0 saturated heterocycles. The summed E-state index contributed by atoms with van der Waals surface area (Å²) in [4.78, 5) is 24.2. The van der Waals surface area contributed by atoms with E-state index in [2.05, 4.69) is 5.32 Å². The molecule has 0 aromatic heterocycles. The summed E-state index contributed by atoms with van der Waals surface area (Å²) in [7, 11) is 1.21. The molecule has 0 aliphatic rings. The number of aliphatic hydroxyl groups excluding tert-OH is 1. The second kappa shape index (κ2) is 8.16. The summed E-state index contributed by atoms with van der Waals surface area (Å²) in [5.41, 5.74) is 0.976. The van der Waals surface area contributed by atoms with Crippen molar-refractivity contribution in [1.82, 2.24) is 5.32 Å². The molecule has 7 heteroatoms. The van der Waals surface area contributed by atoms with Crippen LogP contribution in [0.4, 0.5) is 0 Å². The number of ether oxygens (including phenoxy) is 1. The van der Waals surface area contributed by atoms with Gasteiger partial charge in [-0.25, -0.2) is 4.79 Å². The fourth-order valence-electron chi connectivity index (χ4n) is 2.29. The molecule has 4 N–H and O–H groups in total. The van der Waals surface area contributed by atoms with Gasteiger partial charge in [0.15, 0.2) is 17.5 Å². The van der Waals surface area contributed by atoms with Crippen molar-refractivity contribution in [1.29, 1.82) is 0 Å². The molecule has 0 aliphatic carbocycles. The second-order valence-electron chi connectivity index (χ2n) is 5.42. The van der Waals surface area contributed by atoms with Crippen LogP contribution in [0.3, 0.4) is 0 Å². The molecule has 7 nitrogen and oxygen atoms in total. The SMILES string of the molecule is COC(=O)[C@@H](NC(=O)[C@H](O)Cc1ccc(O)c(O)c1)c1ccccc1. The number of aromatic hydroxyl groups is 2. The van der Waals surface area contributed by atoms with Crippen LogP contribution in [0.1, 0.15) is 17.2 Å². The van der Waals surface area contributed by atoms with Crippen molar-refractivity contribution in [2.24, 2.45) is 0 Å². The Morgan fingerprint density at radius 3 is 2.36 bits per heavy atom. The molecule has 0 aliphatic heterocycles. The zero-order valence-corrected chi connectivity index (χ0v) is 13.5. The number of carbonyl (C=O) groups excluding carboxylic acids is 2. The van der Waals surface area contributed by atoms with Crippen LogP contribution < -0.4 is 5.32 Å². The zero-order valence-electron chi connectivity index (χ0n) is 13.5. The van der Waals surface area contributed by atoms with E-state index >= 15 is 0 Å². The van der Waals surface area contributed by atoms with Crippen molar-refractivity contribution in [3.63, 3.8) is 0 Å². The highest BCUT2D eigenvalue weighted by atomic mass is 16.5. The monoisotopic (exact) mass is 345 g/mol. The molecule has 1 amide bonds. The molecule has 2 atom stereocenters. The van der Waals surface area contributed by atoms with Gasteiger partial charge < -0.3 is 25.4 Å². The summed E-state index contributed by atoms with van der Waals surface area (Å²) in [5.74, 6) is -2.06. The fraction of sp³-hybridized carbons (Fsp3) is 0.222. The molecule has 2 aromatic rings. The summed E-state index contributed by atoms with van der Waals surface area (Å²) in [5, 5.41) is 31.3. The molecule has 0 radical (unpaired) electrons. The number of carbonyl (C=O) groups is 2. The Balaban J connectivity index is 2.09. The Bertz CT molecular complexity index is 746. The second-order valence-corrected chi connectivity index (χ2v) is 5.42. The van der Waals surface area contributed by atoms with Gasteiger partial charge in [0, 0.05) is 6.42 Å². The maximum Gasteiger partial charge on any atom is 0.333 e. The maximum absolute atomic E-state index is 12.2. The molecule has 0 unspecified atom stereocenters. The van der Waals surface area contributed by atoms with E-state index in [4.69, 9.17) is 4.74 Å². The van der Waals surface area contributed by atoms with Gasteiger partial charge in [0.25, 0.3) is 0 Å². The molecular formula is C18H19NO6. The van der Waals surface area contributed by atoms with E-state index < -0.39 is 24.0 Å². The molecule has 0 heterocycles.